The molecular formula is C15H23NO2S. The van der Waals surface area contributed by atoms with Crippen molar-refractivity contribution < 1.29 is 9.47 Å². The molecule has 0 amide bonds. The Kier molecular flexibility index (Phi) is 5.86. The highest BCUT2D eigenvalue weighted by Gasteiger charge is 2.17. The predicted octanol–water partition coefficient (Wildman–Crippen LogP) is 2.86. The molecule has 3 nitrogen and oxygen atoms in total. The second-order valence-electron chi connectivity index (χ2n) is 4.83. The molecule has 2 N–H and O–H groups in total. The van der Waals surface area contributed by atoms with Gasteiger partial charge in [0.25, 0.3) is 0 Å². The monoisotopic (exact) mass is 281 g/mol. The number of hydrogen-bond donors (Lipinski definition) is 1. The van der Waals surface area contributed by atoms with E-state index in [0.717, 1.165) is 43.1 Å². The summed E-state index contributed by atoms with van der Waals surface area (Å²) in [6, 6.07) is 6.22. The van der Waals surface area contributed by atoms with Crippen molar-refractivity contribution in [1.82, 2.24) is 0 Å². The van der Waals surface area contributed by atoms with Gasteiger partial charge in [0.05, 0.1) is 7.11 Å². The summed E-state index contributed by atoms with van der Waals surface area (Å²) in [5, 5.41) is 0. The minimum atomic E-state index is 0.322. The Balaban J connectivity index is 2.02. The molecule has 0 saturated carbocycles. The second-order valence-corrected chi connectivity index (χ2v) is 5.98. The molecular weight excluding hydrogens is 258 g/mol. The molecule has 19 heavy (non-hydrogen) atoms. The van der Waals surface area contributed by atoms with Gasteiger partial charge >= 0.3 is 0 Å². The smallest absolute Gasteiger partial charge is 0.161 e. The molecule has 1 aromatic rings. The van der Waals surface area contributed by atoms with E-state index >= 15 is 0 Å². The van der Waals surface area contributed by atoms with Crippen LogP contribution in [0.25, 0.3) is 0 Å². The number of thioether (sulfide) groups is 1. The second kappa shape index (κ2) is 7.65. The van der Waals surface area contributed by atoms with Crippen LogP contribution in [0.3, 0.4) is 0 Å². The van der Waals surface area contributed by atoms with E-state index in [4.69, 9.17) is 15.2 Å². The molecule has 0 aromatic heterocycles. The number of methoxy groups -OCH3 is 1. The lowest BCUT2D eigenvalue weighted by atomic mass is 10.1. The molecule has 2 rings (SSSR count). The summed E-state index contributed by atoms with van der Waals surface area (Å²) in [5.74, 6) is 4.05. The summed E-state index contributed by atoms with van der Waals surface area (Å²) < 4.78 is 11.5. The minimum Gasteiger partial charge on any atom is -0.493 e. The van der Waals surface area contributed by atoms with Crippen LogP contribution in [0.4, 0.5) is 0 Å². The van der Waals surface area contributed by atoms with Gasteiger partial charge in [-0.25, -0.2) is 0 Å². The third-order valence-corrected chi connectivity index (χ3v) is 4.49. The van der Waals surface area contributed by atoms with E-state index in [1.807, 2.05) is 17.8 Å². The first-order valence-corrected chi connectivity index (χ1v) is 8.10. The lowest BCUT2D eigenvalue weighted by Crippen LogP contribution is -2.23. The first kappa shape index (κ1) is 14.5. The molecule has 1 saturated heterocycles. The van der Waals surface area contributed by atoms with Crippen LogP contribution in [0.1, 0.15) is 24.8 Å². The minimum absolute atomic E-state index is 0.322. The summed E-state index contributed by atoms with van der Waals surface area (Å²) in [5.41, 5.74) is 6.80. The van der Waals surface area contributed by atoms with Crippen molar-refractivity contribution in [2.75, 3.05) is 25.2 Å². The predicted molar refractivity (Wildman–Crippen MR) is 81.3 cm³/mol. The van der Waals surface area contributed by atoms with Crippen LogP contribution < -0.4 is 15.2 Å². The fraction of sp³-hybridized carbons (Fsp3) is 0.600. The Morgan fingerprint density at radius 2 is 2.26 bits per heavy atom. The standard InChI is InChI=1S/C15H23NO2S/c1-17-15-10-12(4-2-8-16)6-7-14(15)18-13-5-3-9-19-11-13/h6-7,10,13H,2-5,8-9,11,16H2,1H3. The maximum Gasteiger partial charge on any atom is 0.161 e. The molecule has 1 heterocycles. The number of benzene rings is 1. The van der Waals surface area contributed by atoms with E-state index in [1.165, 1.54) is 17.7 Å². The van der Waals surface area contributed by atoms with Crippen LogP contribution >= 0.6 is 11.8 Å². The van der Waals surface area contributed by atoms with E-state index in [-0.39, 0.29) is 0 Å². The third kappa shape index (κ3) is 4.32. The lowest BCUT2D eigenvalue weighted by molar-refractivity contribution is 0.202. The van der Waals surface area contributed by atoms with Gasteiger partial charge in [0.2, 0.25) is 0 Å². The van der Waals surface area contributed by atoms with Gasteiger partial charge in [-0.3, -0.25) is 0 Å². The average Bonchev–Trinajstić information content (AvgIpc) is 2.47. The maximum absolute atomic E-state index is 6.07. The maximum atomic E-state index is 6.07. The highest BCUT2D eigenvalue weighted by molar-refractivity contribution is 7.99. The molecule has 1 aliphatic rings. The molecule has 0 spiro atoms. The summed E-state index contributed by atoms with van der Waals surface area (Å²) in [6.45, 7) is 0.722. The molecule has 1 unspecified atom stereocenters. The van der Waals surface area contributed by atoms with Crippen molar-refractivity contribution in [3.63, 3.8) is 0 Å². The Labute approximate surface area is 119 Å². The zero-order chi connectivity index (χ0) is 13.5. The Bertz CT molecular complexity index is 392. The van der Waals surface area contributed by atoms with Gasteiger partial charge in [-0.05, 0) is 55.7 Å². The zero-order valence-corrected chi connectivity index (χ0v) is 12.4. The van der Waals surface area contributed by atoms with Crippen molar-refractivity contribution in [3.8, 4) is 11.5 Å². The zero-order valence-electron chi connectivity index (χ0n) is 11.6. The molecule has 0 aliphatic carbocycles. The summed E-state index contributed by atoms with van der Waals surface area (Å²) in [4.78, 5) is 0. The fourth-order valence-electron chi connectivity index (χ4n) is 2.25. The fourth-order valence-corrected chi connectivity index (χ4v) is 3.29. The normalized spacial score (nSPS) is 19.2. The number of hydrogen-bond acceptors (Lipinski definition) is 4. The number of aryl methyl sites for hydroxylation is 1. The van der Waals surface area contributed by atoms with Crippen LogP contribution in [-0.4, -0.2) is 31.3 Å². The van der Waals surface area contributed by atoms with E-state index in [2.05, 4.69) is 12.1 Å². The van der Waals surface area contributed by atoms with Gasteiger partial charge in [-0.2, -0.15) is 11.8 Å². The molecule has 106 valence electrons. The van der Waals surface area contributed by atoms with Crippen LogP contribution in [0.2, 0.25) is 0 Å². The molecule has 4 heteroatoms. The lowest BCUT2D eigenvalue weighted by Gasteiger charge is -2.23. The summed E-state index contributed by atoms with van der Waals surface area (Å²) >= 11 is 1.97. The molecule has 1 fully saturated rings. The highest BCUT2D eigenvalue weighted by Crippen LogP contribution is 2.31. The van der Waals surface area contributed by atoms with Crippen LogP contribution in [0.5, 0.6) is 11.5 Å². The number of ether oxygens (including phenoxy) is 2. The van der Waals surface area contributed by atoms with E-state index in [9.17, 15) is 0 Å². The highest BCUT2D eigenvalue weighted by atomic mass is 32.2. The van der Waals surface area contributed by atoms with Gasteiger partial charge in [-0.15, -0.1) is 0 Å². The van der Waals surface area contributed by atoms with Crippen molar-refractivity contribution in [2.24, 2.45) is 5.73 Å². The van der Waals surface area contributed by atoms with Crippen molar-refractivity contribution in [1.29, 1.82) is 0 Å². The Morgan fingerprint density at radius 1 is 1.37 bits per heavy atom. The van der Waals surface area contributed by atoms with E-state index < -0.39 is 0 Å². The Hall–Kier alpha value is -0.870. The molecule has 1 aliphatic heterocycles. The van der Waals surface area contributed by atoms with Crippen molar-refractivity contribution in [2.45, 2.75) is 31.8 Å². The first-order valence-electron chi connectivity index (χ1n) is 6.95. The molecule has 0 bridgehead atoms. The molecule has 0 radical (unpaired) electrons. The van der Waals surface area contributed by atoms with Crippen molar-refractivity contribution >= 4 is 11.8 Å². The summed E-state index contributed by atoms with van der Waals surface area (Å²) in [6.07, 6.45) is 4.70. The van der Waals surface area contributed by atoms with E-state index in [1.54, 1.807) is 7.11 Å². The van der Waals surface area contributed by atoms with Gasteiger partial charge in [0.15, 0.2) is 11.5 Å². The van der Waals surface area contributed by atoms with Gasteiger partial charge in [-0.1, -0.05) is 6.07 Å². The number of rotatable bonds is 6. The van der Waals surface area contributed by atoms with Crippen LogP contribution in [-0.2, 0) is 6.42 Å². The number of nitrogens with two attached hydrogens (primary N) is 1. The molecule has 1 atom stereocenters. The van der Waals surface area contributed by atoms with Gasteiger partial charge in [0.1, 0.15) is 6.10 Å². The SMILES string of the molecule is COc1cc(CCCN)ccc1OC1CCCSC1. The third-order valence-electron chi connectivity index (χ3n) is 3.31. The molecule has 1 aromatic carbocycles. The van der Waals surface area contributed by atoms with E-state index in [0.29, 0.717) is 6.10 Å². The van der Waals surface area contributed by atoms with Crippen LogP contribution in [0.15, 0.2) is 18.2 Å². The summed E-state index contributed by atoms with van der Waals surface area (Å²) in [7, 11) is 1.70. The van der Waals surface area contributed by atoms with Crippen molar-refractivity contribution in [3.05, 3.63) is 23.8 Å². The Morgan fingerprint density at radius 3 is 2.95 bits per heavy atom. The van der Waals surface area contributed by atoms with Crippen LogP contribution in [0, 0.1) is 0 Å². The van der Waals surface area contributed by atoms with Gasteiger partial charge in [0, 0.05) is 5.75 Å². The quantitative estimate of drug-likeness (QED) is 0.871. The first-order chi connectivity index (χ1) is 9.33. The largest absolute Gasteiger partial charge is 0.493 e. The topological polar surface area (TPSA) is 44.5 Å². The average molecular weight is 281 g/mol. The van der Waals surface area contributed by atoms with Gasteiger partial charge < -0.3 is 15.2 Å².